The topological polar surface area (TPSA) is 123 Å². The highest BCUT2D eigenvalue weighted by Crippen LogP contribution is 2.07. The summed E-state index contributed by atoms with van der Waals surface area (Å²) in [6, 6.07) is 10.9. The number of anilines is 1. The molecule has 1 atom stereocenters. The van der Waals surface area contributed by atoms with E-state index in [0.717, 1.165) is 0 Å². The minimum atomic E-state index is -1.05. The smallest absolute Gasteiger partial charge is 0.334 e. The predicted molar refractivity (Wildman–Crippen MR) is 102 cm³/mol. The summed E-state index contributed by atoms with van der Waals surface area (Å²) in [6.07, 6.45) is 0. The number of carbonyl (C=O) groups is 2. The number of nitrogens with zero attached hydrogens (tertiary/aromatic N) is 5. The van der Waals surface area contributed by atoms with Crippen LogP contribution in [0.4, 0.5) is 5.82 Å². The molecule has 0 aliphatic heterocycles. The normalized spacial score (nSPS) is 12.5. The first-order valence-corrected chi connectivity index (χ1v) is 8.42. The molecule has 3 aromatic rings. The number of hydrazone groups is 1. The number of nitrogens with one attached hydrogen (secondary N) is 2. The molecule has 1 amide bonds. The van der Waals surface area contributed by atoms with Crippen LogP contribution in [0.15, 0.2) is 47.6 Å². The largest absolute Gasteiger partial charge is 0.467 e. The minimum absolute atomic E-state index is 0.304. The zero-order valence-electron chi connectivity index (χ0n) is 15.6. The van der Waals surface area contributed by atoms with Gasteiger partial charge in [-0.25, -0.2) is 4.79 Å². The van der Waals surface area contributed by atoms with Crippen molar-refractivity contribution in [1.29, 1.82) is 0 Å². The first-order valence-electron chi connectivity index (χ1n) is 8.42. The monoisotopic (exact) mass is 381 g/mol. The Morgan fingerprint density at radius 1 is 1.14 bits per heavy atom. The molecule has 10 heteroatoms. The predicted octanol–water partition coefficient (Wildman–Crippen LogP) is 1.19. The van der Waals surface area contributed by atoms with Gasteiger partial charge < -0.3 is 10.1 Å². The Hall–Kier alpha value is -3.82. The van der Waals surface area contributed by atoms with Crippen LogP contribution in [0.25, 0.3) is 5.65 Å². The van der Waals surface area contributed by atoms with Gasteiger partial charge >= 0.3 is 5.97 Å². The van der Waals surface area contributed by atoms with Crippen molar-refractivity contribution >= 4 is 29.1 Å². The Bertz CT molecular complexity index is 1030. The van der Waals surface area contributed by atoms with E-state index in [4.69, 9.17) is 4.74 Å². The van der Waals surface area contributed by atoms with Gasteiger partial charge in [0.1, 0.15) is 0 Å². The van der Waals surface area contributed by atoms with E-state index in [2.05, 4.69) is 31.1 Å². The molecular formula is C18H19N7O3. The Morgan fingerprint density at radius 3 is 2.61 bits per heavy atom. The van der Waals surface area contributed by atoms with Crippen LogP contribution in [0.3, 0.4) is 0 Å². The molecule has 0 bridgehead atoms. The highest BCUT2D eigenvalue weighted by Gasteiger charge is 2.25. The Morgan fingerprint density at radius 2 is 1.89 bits per heavy atom. The molecule has 3 rings (SSSR count). The fourth-order valence-electron chi connectivity index (χ4n) is 2.42. The second-order valence-electron chi connectivity index (χ2n) is 5.90. The molecular weight excluding hydrogens is 362 g/mol. The Balaban J connectivity index is 1.77. The number of carbonyl (C=O) groups excluding carboxylic acids is 2. The van der Waals surface area contributed by atoms with Crippen LogP contribution in [0.2, 0.25) is 0 Å². The lowest BCUT2D eigenvalue weighted by atomic mass is 10.1. The summed E-state index contributed by atoms with van der Waals surface area (Å²) in [5, 5.41) is 19.0. The van der Waals surface area contributed by atoms with Crippen molar-refractivity contribution in [3.63, 3.8) is 0 Å². The first-order chi connectivity index (χ1) is 13.5. The molecule has 2 N–H and O–H groups in total. The summed E-state index contributed by atoms with van der Waals surface area (Å²) in [4.78, 5) is 24.5. The molecule has 0 aliphatic carbocycles. The van der Waals surface area contributed by atoms with E-state index in [1.807, 2.05) is 0 Å². The van der Waals surface area contributed by atoms with Crippen molar-refractivity contribution in [2.75, 3.05) is 12.5 Å². The maximum Gasteiger partial charge on any atom is 0.334 e. The molecule has 1 aromatic carbocycles. The third kappa shape index (κ3) is 4.11. The molecule has 2 aromatic heterocycles. The fraction of sp³-hybridized carbons (Fsp3) is 0.222. The molecule has 0 radical (unpaired) electrons. The van der Waals surface area contributed by atoms with Gasteiger partial charge in [-0.05, 0) is 38.1 Å². The molecule has 0 saturated heterocycles. The van der Waals surface area contributed by atoms with Gasteiger partial charge in [-0.15, -0.1) is 15.3 Å². The van der Waals surface area contributed by atoms with E-state index >= 15 is 0 Å². The van der Waals surface area contributed by atoms with Crippen molar-refractivity contribution < 1.29 is 14.3 Å². The van der Waals surface area contributed by atoms with Crippen LogP contribution >= 0.6 is 0 Å². The van der Waals surface area contributed by atoms with E-state index < -0.39 is 17.9 Å². The molecule has 0 spiro atoms. The van der Waals surface area contributed by atoms with E-state index in [-0.39, 0.29) is 0 Å². The van der Waals surface area contributed by atoms with Crippen LogP contribution in [-0.2, 0) is 9.53 Å². The highest BCUT2D eigenvalue weighted by atomic mass is 16.5. The number of rotatable bonds is 6. The maximum atomic E-state index is 12.4. The van der Waals surface area contributed by atoms with Crippen molar-refractivity contribution in [2.24, 2.45) is 5.10 Å². The van der Waals surface area contributed by atoms with Crippen molar-refractivity contribution in [3.05, 3.63) is 53.9 Å². The number of hydrogen-bond acceptors (Lipinski definition) is 8. The van der Waals surface area contributed by atoms with Gasteiger partial charge in [0.15, 0.2) is 23.3 Å². The Labute approximate surface area is 160 Å². The number of fused-ring (bicyclic) bond motifs is 1. The SMILES string of the molecule is COC(=O)C(NC(=O)c1ccccc1)/C(C)=N/Nc1ccc2nnc(C)n2n1. The average molecular weight is 381 g/mol. The van der Waals surface area contributed by atoms with Crippen LogP contribution < -0.4 is 10.7 Å². The minimum Gasteiger partial charge on any atom is -0.467 e. The zero-order valence-corrected chi connectivity index (χ0v) is 15.6. The summed E-state index contributed by atoms with van der Waals surface area (Å²) >= 11 is 0. The summed E-state index contributed by atoms with van der Waals surface area (Å²) in [5.41, 5.74) is 4.10. The molecule has 28 heavy (non-hydrogen) atoms. The van der Waals surface area contributed by atoms with Gasteiger partial charge in [-0.3, -0.25) is 10.2 Å². The second kappa shape index (κ2) is 8.25. The molecule has 2 heterocycles. The van der Waals surface area contributed by atoms with Crippen molar-refractivity contribution in [3.8, 4) is 0 Å². The number of hydrogen-bond donors (Lipinski definition) is 2. The molecule has 0 fully saturated rings. The van der Waals surface area contributed by atoms with Gasteiger partial charge in [-0.1, -0.05) is 18.2 Å². The lowest BCUT2D eigenvalue weighted by Crippen LogP contribution is -2.46. The summed E-state index contributed by atoms with van der Waals surface area (Å²) in [7, 11) is 1.25. The quantitative estimate of drug-likeness (QED) is 0.373. The van der Waals surface area contributed by atoms with Gasteiger partial charge in [0.2, 0.25) is 0 Å². The number of benzene rings is 1. The standard InChI is InChI=1S/C18H19N7O3/c1-11(20-22-14-9-10-15-23-21-12(2)25(15)24-14)16(18(27)28-3)19-17(26)13-7-5-4-6-8-13/h4-10,16H,1-3H3,(H,19,26)(H,22,24)/b20-11+. The van der Waals surface area contributed by atoms with E-state index in [1.54, 1.807) is 60.8 Å². The third-order valence-electron chi connectivity index (χ3n) is 3.93. The lowest BCUT2D eigenvalue weighted by molar-refractivity contribution is -0.141. The number of ether oxygens (including phenoxy) is 1. The third-order valence-corrected chi connectivity index (χ3v) is 3.93. The number of aromatic nitrogens is 4. The van der Waals surface area contributed by atoms with E-state index in [0.29, 0.717) is 28.6 Å². The number of esters is 1. The Kier molecular flexibility index (Phi) is 5.58. The zero-order chi connectivity index (χ0) is 20.1. The summed E-state index contributed by atoms with van der Waals surface area (Å²) < 4.78 is 6.34. The number of methoxy groups -OCH3 is 1. The molecule has 0 aliphatic rings. The highest BCUT2D eigenvalue weighted by molar-refractivity contribution is 6.09. The lowest BCUT2D eigenvalue weighted by Gasteiger charge is -2.16. The van der Waals surface area contributed by atoms with Gasteiger partial charge in [0.25, 0.3) is 5.91 Å². The van der Waals surface area contributed by atoms with Crippen LogP contribution in [0.5, 0.6) is 0 Å². The van der Waals surface area contributed by atoms with E-state index in [1.165, 1.54) is 7.11 Å². The van der Waals surface area contributed by atoms with Gasteiger partial charge in [-0.2, -0.15) is 9.62 Å². The van der Waals surface area contributed by atoms with Crippen molar-refractivity contribution in [2.45, 2.75) is 19.9 Å². The first kappa shape index (κ1) is 19.0. The molecule has 144 valence electrons. The van der Waals surface area contributed by atoms with Crippen LogP contribution in [0, 0.1) is 6.92 Å². The van der Waals surface area contributed by atoms with Gasteiger partial charge in [0.05, 0.1) is 12.8 Å². The van der Waals surface area contributed by atoms with Crippen molar-refractivity contribution in [1.82, 2.24) is 25.1 Å². The number of aryl methyl sites for hydroxylation is 1. The van der Waals surface area contributed by atoms with E-state index in [9.17, 15) is 9.59 Å². The molecule has 10 nitrogen and oxygen atoms in total. The molecule has 0 saturated carbocycles. The molecule has 1 unspecified atom stereocenters. The van der Waals surface area contributed by atoms with Crippen LogP contribution in [0.1, 0.15) is 23.1 Å². The maximum absolute atomic E-state index is 12.4. The summed E-state index contributed by atoms with van der Waals surface area (Å²) in [6.45, 7) is 3.38. The van der Waals surface area contributed by atoms with Gasteiger partial charge in [0, 0.05) is 5.56 Å². The summed E-state index contributed by atoms with van der Waals surface area (Å²) in [5.74, 6) is 0.00488. The fourth-order valence-corrected chi connectivity index (χ4v) is 2.42. The second-order valence-corrected chi connectivity index (χ2v) is 5.90. The van der Waals surface area contributed by atoms with Crippen LogP contribution in [-0.4, -0.2) is 50.6 Å². The number of amides is 1. The average Bonchev–Trinajstić information content (AvgIpc) is 3.10.